The molecule has 2 aliphatic rings. The minimum absolute atomic E-state index is 0.138. The van der Waals surface area contributed by atoms with Crippen molar-refractivity contribution in [2.45, 2.75) is 103 Å². The molecule has 0 radical (unpaired) electrons. The number of nitrogens with one attached hydrogen (secondary N) is 1. The summed E-state index contributed by atoms with van der Waals surface area (Å²) in [6.07, 6.45) is 11.8. The van der Waals surface area contributed by atoms with Crippen molar-refractivity contribution in [2.75, 3.05) is 18.4 Å². The number of piperidine rings is 1. The van der Waals surface area contributed by atoms with Gasteiger partial charge in [0.05, 0.1) is 6.10 Å². The normalized spacial score (nSPS) is 21.6. The number of hydrogen-bond acceptors (Lipinski definition) is 5. The van der Waals surface area contributed by atoms with Gasteiger partial charge in [-0.1, -0.05) is 30.5 Å². The Morgan fingerprint density at radius 3 is 2.42 bits per heavy atom. The summed E-state index contributed by atoms with van der Waals surface area (Å²) in [7, 11) is 0. The SMILES string of the molecule is CCC[C@H](C)Nc1ncc2c(C3CCN(C(=O)c4cc(C)cc(C)c4)CC3)cn([C@H]3CC[C@H](O)CC3)c2n1. The maximum absolute atomic E-state index is 13.2. The molecule has 2 fully saturated rings. The first-order valence-corrected chi connectivity index (χ1v) is 14.5. The van der Waals surface area contributed by atoms with Crippen molar-refractivity contribution in [3.05, 3.63) is 52.8 Å². The smallest absolute Gasteiger partial charge is 0.253 e. The third-order valence-electron chi connectivity index (χ3n) is 8.45. The van der Waals surface area contributed by atoms with Gasteiger partial charge in [-0.05, 0) is 89.3 Å². The number of aliphatic hydroxyl groups excluding tert-OH is 1. The molecule has 2 aromatic heterocycles. The standard InChI is InChI=1S/C31H43N5O2/c1-5-6-22(4)33-31-32-18-27-28(19-36(29(27)34-31)25-7-9-26(37)10-8-25)23-11-13-35(14-12-23)30(38)24-16-20(2)15-21(3)17-24/h15-19,22-23,25-26,37H,5-14H2,1-4H3,(H,32,33,34)/t22-,25-,26-/m0/s1. The van der Waals surface area contributed by atoms with Crippen LogP contribution in [0, 0.1) is 13.8 Å². The van der Waals surface area contributed by atoms with Crippen LogP contribution in [0.5, 0.6) is 0 Å². The van der Waals surface area contributed by atoms with Crippen LogP contribution in [-0.4, -0.2) is 55.7 Å². The fourth-order valence-corrected chi connectivity index (χ4v) is 6.46. The first kappa shape index (κ1) is 26.7. The number of aromatic nitrogens is 3. The molecule has 38 heavy (non-hydrogen) atoms. The van der Waals surface area contributed by atoms with E-state index in [4.69, 9.17) is 9.97 Å². The highest BCUT2D eigenvalue weighted by atomic mass is 16.3. The molecule has 1 atom stereocenters. The van der Waals surface area contributed by atoms with Gasteiger partial charge in [0.25, 0.3) is 5.91 Å². The lowest BCUT2D eigenvalue weighted by molar-refractivity contribution is 0.0713. The lowest BCUT2D eigenvalue weighted by Crippen LogP contribution is -2.38. The quantitative estimate of drug-likeness (QED) is 0.393. The van der Waals surface area contributed by atoms with Gasteiger partial charge in [0.2, 0.25) is 5.95 Å². The number of amides is 1. The number of rotatable bonds is 7. The Morgan fingerprint density at radius 2 is 1.76 bits per heavy atom. The van der Waals surface area contributed by atoms with Crippen LogP contribution in [0.25, 0.3) is 11.0 Å². The molecular formula is C31H43N5O2. The molecular weight excluding hydrogens is 474 g/mol. The molecule has 7 heteroatoms. The molecule has 3 aromatic rings. The number of likely N-dealkylation sites (tertiary alicyclic amines) is 1. The number of aliphatic hydroxyl groups is 1. The van der Waals surface area contributed by atoms with E-state index in [0.717, 1.165) is 92.2 Å². The van der Waals surface area contributed by atoms with E-state index in [1.807, 2.05) is 37.1 Å². The summed E-state index contributed by atoms with van der Waals surface area (Å²) in [6, 6.07) is 6.78. The third kappa shape index (κ3) is 5.73. The van der Waals surface area contributed by atoms with E-state index >= 15 is 0 Å². The Balaban J connectivity index is 1.38. The molecule has 1 aliphatic carbocycles. The number of aryl methyl sites for hydroxylation is 2. The number of carbonyl (C=O) groups is 1. The van der Waals surface area contributed by atoms with Gasteiger partial charge < -0.3 is 19.9 Å². The third-order valence-corrected chi connectivity index (χ3v) is 8.45. The van der Waals surface area contributed by atoms with E-state index in [1.165, 1.54) is 5.56 Å². The Labute approximate surface area is 226 Å². The predicted molar refractivity (Wildman–Crippen MR) is 153 cm³/mol. The van der Waals surface area contributed by atoms with E-state index in [9.17, 15) is 9.90 Å². The zero-order valence-electron chi connectivity index (χ0n) is 23.4. The lowest BCUT2D eigenvalue weighted by Gasteiger charge is -2.32. The first-order valence-electron chi connectivity index (χ1n) is 14.5. The molecule has 0 spiro atoms. The Morgan fingerprint density at radius 1 is 1.08 bits per heavy atom. The van der Waals surface area contributed by atoms with Gasteiger partial charge in [0.15, 0.2) is 0 Å². The van der Waals surface area contributed by atoms with Gasteiger partial charge in [-0.3, -0.25) is 4.79 Å². The Hall–Kier alpha value is -2.93. The van der Waals surface area contributed by atoms with Crippen molar-refractivity contribution >= 4 is 22.9 Å². The number of benzene rings is 1. The Kier molecular flexibility index (Phi) is 8.03. The zero-order chi connectivity index (χ0) is 26.8. The summed E-state index contributed by atoms with van der Waals surface area (Å²) in [5.41, 5.74) is 5.35. The summed E-state index contributed by atoms with van der Waals surface area (Å²) < 4.78 is 2.36. The van der Waals surface area contributed by atoms with E-state index in [0.29, 0.717) is 23.9 Å². The second-order valence-electron chi connectivity index (χ2n) is 11.7. The maximum atomic E-state index is 13.2. The molecule has 204 valence electrons. The zero-order valence-corrected chi connectivity index (χ0v) is 23.4. The lowest BCUT2D eigenvalue weighted by atomic mass is 9.89. The first-order chi connectivity index (χ1) is 18.3. The second kappa shape index (κ2) is 11.4. The van der Waals surface area contributed by atoms with Gasteiger partial charge in [0.1, 0.15) is 5.65 Å². The van der Waals surface area contributed by atoms with E-state index < -0.39 is 0 Å². The van der Waals surface area contributed by atoms with E-state index in [2.05, 4.69) is 36.0 Å². The average Bonchev–Trinajstić information content (AvgIpc) is 3.27. The van der Waals surface area contributed by atoms with Crippen LogP contribution in [0.1, 0.15) is 104 Å². The number of carbonyl (C=O) groups excluding carboxylic acids is 1. The molecule has 3 heterocycles. The summed E-state index contributed by atoms with van der Waals surface area (Å²) in [6.45, 7) is 9.98. The predicted octanol–water partition coefficient (Wildman–Crippen LogP) is 6.14. The van der Waals surface area contributed by atoms with Gasteiger partial charge in [0, 0.05) is 48.5 Å². The van der Waals surface area contributed by atoms with E-state index in [1.54, 1.807) is 0 Å². The highest BCUT2D eigenvalue weighted by Gasteiger charge is 2.30. The minimum Gasteiger partial charge on any atom is -0.393 e. The van der Waals surface area contributed by atoms with Crippen LogP contribution >= 0.6 is 0 Å². The van der Waals surface area contributed by atoms with Gasteiger partial charge in [-0.2, -0.15) is 4.98 Å². The average molecular weight is 518 g/mol. The van der Waals surface area contributed by atoms with Crippen LogP contribution in [-0.2, 0) is 0 Å². The molecule has 1 aliphatic heterocycles. The molecule has 0 bridgehead atoms. The highest BCUT2D eigenvalue weighted by Crippen LogP contribution is 2.38. The van der Waals surface area contributed by atoms with Crippen molar-refractivity contribution < 1.29 is 9.90 Å². The number of nitrogens with zero attached hydrogens (tertiary/aromatic N) is 4. The molecule has 1 aromatic carbocycles. The molecule has 2 N–H and O–H groups in total. The molecule has 5 rings (SSSR count). The van der Waals surface area contributed by atoms with Crippen LogP contribution in [0.3, 0.4) is 0 Å². The molecule has 1 saturated heterocycles. The summed E-state index contributed by atoms with van der Waals surface area (Å²) in [5, 5.41) is 14.7. The molecule has 1 saturated carbocycles. The second-order valence-corrected chi connectivity index (χ2v) is 11.7. The van der Waals surface area contributed by atoms with Crippen molar-refractivity contribution in [3.63, 3.8) is 0 Å². The van der Waals surface area contributed by atoms with Gasteiger partial charge in [-0.15, -0.1) is 0 Å². The fourth-order valence-electron chi connectivity index (χ4n) is 6.46. The Bertz CT molecular complexity index is 1250. The van der Waals surface area contributed by atoms with Gasteiger partial charge in [-0.25, -0.2) is 4.98 Å². The minimum atomic E-state index is -0.187. The number of hydrogen-bond donors (Lipinski definition) is 2. The van der Waals surface area contributed by atoms with Crippen molar-refractivity contribution in [2.24, 2.45) is 0 Å². The fraction of sp³-hybridized carbons (Fsp3) is 0.581. The van der Waals surface area contributed by atoms with Crippen LogP contribution in [0.2, 0.25) is 0 Å². The maximum Gasteiger partial charge on any atom is 0.253 e. The van der Waals surface area contributed by atoms with Crippen molar-refractivity contribution in [3.8, 4) is 0 Å². The number of anilines is 1. The summed E-state index contributed by atoms with van der Waals surface area (Å²) in [5.74, 6) is 1.20. The molecule has 0 unspecified atom stereocenters. The van der Waals surface area contributed by atoms with Crippen molar-refractivity contribution in [1.82, 2.24) is 19.4 Å². The number of fused-ring (bicyclic) bond motifs is 1. The van der Waals surface area contributed by atoms with E-state index in [-0.39, 0.29) is 12.0 Å². The largest absolute Gasteiger partial charge is 0.393 e. The summed E-state index contributed by atoms with van der Waals surface area (Å²) >= 11 is 0. The van der Waals surface area contributed by atoms with Crippen LogP contribution < -0.4 is 5.32 Å². The molecule has 1 amide bonds. The monoisotopic (exact) mass is 517 g/mol. The van der Waals surface area contributed by atoms with Gasteiger partial charge >= 0.3 is 0 Å². The molecule has 7 nitrogen and oxygen atoms in total. The van der Waals surface area contributed by atoms with Crippen LogP contribution in [0.4, 0.5) is 5.95 Å². The van der Waals surface area contributed by atoms with Crippen molar-refractivity contribution in [1.29, 1.82) is 0 Å². The highest BCUT2D eigenvalue weighted by molar-refractivity contribution is 5.94. The van der Waals surface area contributed by atoms with Crippen LogP contribution in [0.15, 0.2) is 30.6 Å². The topological polar surface area (TPSA) is 83.3 Å². The summed E-state index contributed by atoms with van der Waals surface area (Å²) in [4.78, 5) is 25.0.